The lowest BCUT2D eigenvalue weighted by atomic mass is 10.0. The van der Waals surface area contributed by atoms with Crippen LogP contribution in [0.4, 0.5) is 13.2 Å². The third-order valence-electron chi connectivity index (χ3n) is 6.22. The van der Waals surface area contributed by atoms with Crippen LogP contribution in [0.2, 0.25) is 0 Å². The van der Waals surface area contributed by atoms with E-state index in [1.54, 1.807) is 12.1 Å². The summed E-state index contributed by atoms with van der Waals surface area (Å²) in [5.74, 6) is -2.00. The maximum atomic E-state index is 13.1. The number of carbonyl (C=O) groups is 4. The number of nitrogens with one attached hydrogen (secondary N) is 1. The fourth-order valence-electron chi connectivity index (χ4n) is 4.65. The monoisotopic (exact) mass is 473 g/mol. The lowest BCUT2D eigenvalue weighted by Gasteiger charge is -2.29. The van der Waals surface area contributed by atoms with Crippen molar-refractivity contribution in [1.29, 1.82) is 0 Å². The maximum Gasteiger partial charge on any atom is 0.573 e. The molecular weight excluding hydrogens is 455 g/mol. The van der Waals surface area contributed by atoms with Crippen LogP contribution in [0.15, 0.2) is 36.4 Å². The minimum absolute atomic E-state index is 0.0428. The van der Waals surface area contributed by atoms with Crippen LogP contribution in [0, 0.1) is 0 Å². The molecule has 0 radical (unpaired) electrons. The van der Waals surface area contributed by atoms with E-state index in [2.05, 4.69) is 10.1 Å². The first kappa shape index (κ1) is 21.9. The van der Waals surface area contributed by atoms with Gasteiger partial charge in [0.2, 0.25) is 11.8 Å². The third kappa shape index (κ3) is 3.87. The van der Waals surface area contributed by atoms with E-state index in [1.807, 2.05) is 0 Å². The number of benzene rings is 2. The highest BCUT2D eigenvalue weighted by atomic mass is 19.4. The number of alkyl halides is 3. The molecule has 2 aromatic rings. The molecular formula is C23H18F3N3O5. The molecule has 0 aromatic heterocycles. The molecule has 3 aliphatic rings. The van der Waals surface area contributed by atoms with Crippen LogP contribution in [0.25, 0.3) is 0 Å². The Morgan fingerprint density at radius 1 is 1.03 bits per heavy atom. The van der Waals surface area contributed by atoms with Gasteiger partial charge in [-0.2, -0.15) is 0 Å². The summed E-state index contributed by atoms with van der Waals surface area (Å²) in [6.07, 6.45) is -4.48. The van der Waals surface area contributed by atoms with Gasteiger partial charge in [-0.3, -0.25) is 24.5 Å². The van der Waals surface area contributed by atoms with Crippen molar-refractivity contribution in [1.82, 2.24) is 15.1 Å². The second-order valence-corrected chi connectivity index (χ2v) is 8.37. The van der Waals surface area contributed by atoms with Gasteiger partial charge in [-0.25, -0.2) is 0 Å². The average molecular weight is 473 g/mol. The highest BCUT2D eigenvalue weighted by molar-refractivity contribution is 6.06. The molecule has 4 amide bonds. The number of ether oxygens (including phenoxy) is 1. The standard InChI is InChI=1S/C23H18F3N3O5/c24-23(25,26)34-18-3-1-2-13-9-28(11-16(13)18)21(32)12-4-5-15-14(8-12)10-29(22(15)33)17-6-7-19(30)27-20(17)31/h1-5,8,17H,6-7,9-11H2,(H,27,30,31). The lowest BCUT2D eigenvalue weighted by Crippen LogP contribution is -2.52. The van der Waals surface area contributed by atoms with Gasteiger partial charge in [0.05, 0.1) is 6.54 Å². The van der Waals surface area contributed by atoms with Crippen molar-refractivity contribution in [3.8, 4) is 5.75 Å². The summed E-state index contributed by atoms with van der Waals surface area (Å²) in [4.78, 5) is 52.3. The first-order chi connectivity index (χ1) is 16.1. The van der Waals surface area contributed by atoms with Gasteiger partial charge in [0.25, 0.3) is 11.8 Å². The second-order valence-electron chi connectivity index (χ2n) is 8.37. The highest BCUT2D eigenvalue weighted by Gasteiger charge is 2.40. The Morgan fingerprint density at radius 3 is 2.56 bits per heavy atom. The Balaban J connectivity index is 1.34. The summed E-state index contributed by atoms with van der Waals surface area (Å²) >= 11 is 0. The molecule has 5 rings (SSSR count). The van der Waals surface area contributed by atoms with Crippen LogP contribution in [0.1, 0.15) is 50.2 Å². The maximum absolute atomic E-state index is 13.1. The Hall–Kier alpha value is -3.89. The van der Waals surface area contributed by atoms with Crippen molar-refractivity contribution in [3.63, 3.8) is 0 Å². The first-order valence-corrected chi connectivity index (χ1v) is 10.5. The quantitative estimate of drug-likeness (QED) is 0.692. The number of hydrogen-bond donors (Lipinski definition) is 1. The predicted octanol–water partition coefficient (Wildman–Crippen LogP) is 2.50. The van der Waals surface area contributed by atoms with Crippen molar-refractivity contribution >= 4 is 23.6 Å². The molecule has 0 aliphatic carbocycles. The molecule has 0 spiro atoms. The molecule has 176 valence electrons. The fourth-order valence-corrected chi connectivity index (χ4v) is 4.65. The van der Waals surface area contributed by atoms with Gasteiger partial charge in [0, 0.05) is 36.2 Å². The van der Waals surface area contributed by atoms with Gasteiger partial charge in [-0.15, -0.1) is 13.2 Å². The molecule has 3 aliphatic heterocycles. The van der Waals surface area contributed by atoms with Crippen LogP contribution in [-0.2, 0) is 29.2 Å². The van der Waals surface area contributed by atoms with Crippen molar-refractivity contribution in [2.75, 3.05) is 0 Å². The molecule has 1 atom stereocenters. The topological polar surface area (TPSA) is 96.0 Å². The van der Waals surface area contributed by atoms with Crippen LogP contribution in [0.3, 0.4) is 0 Å². The van der Waals surface area contributed by atoms with Crippen molar-refractivity contribution in [2.45, 2.75) is 44.9 Å². The molecule has 1 N–H and O–H groups in total. The average Bonchev–Trinajstić information content (AvgIpc) is 3.34. The van der Waals surface area contributed by atoms with Gasteiger partial charge in [0.15, 0.2) is 0 Å². The lowest BCUT2D eigenvalue weighted by molar-refractivity contribution is -0.274. The number of rotatable bonds is 3. The summed E-state index contributed by atoms with van der Waals surface area (Å²) in [5, 5.41) is 2.23. The number of carbonyl (C=O) groups excluding carboxylic acids is 4. The van der Waals surface area contributed by atoms with Crippen LogP contribution in [-0.4, -0.2) is 45.8 Å². The number of amides is 4. The zero-order valence-electron chi connectivity index (χ0n) is 17.6. The molecule has 1 fully saturated rings. The van der Waals surface area contributed by atoms with Crippen LogP contribution < -0.4 is 10.1 Å². The van der Waals surface area contributed by atoms with E-state index in [0.29, 0.717) is 22.3 Å². The fraction of sp³-hybridized carbons (Fsp3) is 0.304. The van der Waals surface area contributed by atoms with Gasteiger partial charge in [0.1, 0.15) is 11.8 Å². The van der Waals surface area contributed by atoms with Crippen molar-refractivity contribution in [3.05, 3.63) is 64.2 Å². The number of nitrogens with zero attached hydrogens (tertiary/aromatic N) is 2. The predicted molar refractivity (Wildman–Crippen MR) is 109 cm³/mol. The molecule has 0 bridgehead atoms. The molecule has 1 unspecified atom stereocenters. The molecule has 3 heterocycles. The summed E-state index contributed by atoms with van der Waals surface area (Å²) in [5.41, 5.74) is 2.08. The first-order valence-electron chi connectivity index (χ1n) is 10.5. The van der Waals surface area contributed by atoms with E-state index in [0.717, 1.165) is 0 Å². The number of fused-ring (bicyclic) bond motifs is 2. The normalized spacial score (nSPS) is 19.7. The van der Waals surface area contributed by atoms with E-state index in [4.69, 9.17) is 0 Å². The van der Waals surface area contributed by atoms with Crippen molar-refractivity contribution < 1.29 is 37.1 Å². The van der Waals surface area contributed by atoms with Gasteiger partial charge in [-0.1, -0.05) is 12.1 Å². The number of piperidine rings is 1. The molecule has 2 aromatic carbocycles. The largest absolute Gasteiger partial charge is 0.573 e. The molecule has 8 nitrogen and oxygen atoms in total. The van der Waals surface area contributed by atoms with E-state index >= 15 is 0 Å². The molecule has 1 saturated heterocycles. The highest BCUT2D eigenvalue weighted by Crippen LogP contribution is 2.35. The number of hydrogen-bond acceptors (Lipinski definition) is 5. The summed E-state index contributed by atoms with van der Waals surface area (Å²) < 4.78 is 42.3. The molecule has 11 heteroatoms. The summed E-state index contributed by atoms with van der Waals surface area (Å²) in [7, 11) is 0. The van der Waals surface area contributed by atoms with E-state index in [-0.39, 0.29) is 55.6 Å². The third-order valence-corrected chi connectivity index (χ3v) is 6.22. The van der Waals surface area contributed by atoms with Crippen LogP contribution in [0.5, 0.6) is 5.75 Å². The molecule has 0 saturated carbocycles. The number of imide groups is 1. The Morgan fingerprint density at radius 2 is 1.82 bits per heavy atom. The Bertz CT molecular complexity index is 1240. The smallest absolute Gasteiger partial charge is 0.405 e. The SMILES string of the molecule is O=C1CCC(N2Cc3cc(C(=O)N4Cc5cccc(OC(F)(F)F)c5C4)ccc3C2=O)C(=O)N1. The Labute approximate surface area is 191 Å². The van der Waals surface area contributed by atoms with Crippen molar-refractivity contribution in [2.24, 2.45) is 0 Å². The minimum Gasteiger partial charge on any atom is -0.405 e. The van der Waals surface area contributed by atoms with Gasteiger partial charge >= 0.3 is 6.36 Å². The van der Waals surface area contributed by atoms with E-state index < -0.39 is 24.2 Å². The van der Waals surface area contributed by atoms with Gasteiger partial charge in [-0.05, 0) is 41.8 Å². The summed E-state index contributed by atoms with van der Waals surface area (Å²) in [6.45, 7) is 0.200. The van der Waals surface area contributed by atoms with E-state index in [9.17, 15) is 32.3 Å². The Kier molecular flexibility index (Phi) is 5.07. The number of halogens is 3. The second kappa shape index (κ2) is 7.86. The minimum atomic E-state index is -4.84. The van der Waals surface area contributed by atoms with Gasteiger partial charge < -0.3 is 14.5 Å². The zero-order valence-corrected chi connectivity index (χ0v) is 17.6. The summed E-state index contributed by atoms with van der Waals surface area (Å²) in [6, 6.07) is 8.10. The zero-order chi connectivity index (χ0) is 24.2. The van der Waals surface area contributed by atoms with Crippen LogP contribution >= 0.6 is 0 Å². The van der Waals surface area contributed by atoms with E-state index in [1.165, 1.54) is 34.1 Å². The molecule has 34 heavy (non-hydrogen) atoms.